The Hall–Kier alpha value is -4.24. The van der Waals surface area contributed by atoms with Crippen LogP contribution in [0.2, 0.25) is 5.02 Å². The molecule has 0 fully saturated rings. The van der Waals surface area contributed by atoms with Gasteiger partial charge >= 0.3 is 12.2 Å². The first-order chi connectivity index (χ1) is 18.7. The molecule has 3 heterocycles. The van der Waals surface area contributed by atoms with Gasteiger partial charge in [-0.25, -0.2) is 18.6 Å². The van der Waals surface area contributed by atoms with E-state index in [1.165, 1.54) is 13.1 Å². The third-order valence-electron chi connectivity index (χ3n) is 6.61. The minimum absolute atomic E-state index is 0.0193. The number of β-amino-alcohol motifs (C(OH)–C–C–N with tert-alkyl or cyclic N) is 1. The van der Waals surface area contributed by atoms with Crippen LogP contribution in [0.25, 0.3) is 0 Å². The zero-order chi connectivity index (χ0) is 29.1. The van der Waals surface area contributed by atoms with Gasteiger partial charge in [0, 0.05) is 23.2 Å². The average molecular weight is 585 g/mol. The highest BCUT2D eigenvalue weighted by molar-refractivity contribution is 6.31. The van der Waals surface area contributed by atoms with Gasteiger partial charge in [-0.3, -0.25) is 19.8 Å². The quantitative estimate of drug-likeness (QED) is 0.352. The Labute approximate surface area is 226 Å². The zero-order valence-electron chi connectivity index (χ0n) is 20.2. The Bertz CT molecular complexity index is 1580. The average Bonchev–Trinajstić information content (AvgIpc) is 3.40. The number of hydrogen-bond acceptors (Lipinski definition) is 5. The molecule has 5 rings (SSSR count). The number of imidazole rings is 1. The summed E-state index contributed by atoms with van der Waals surface area (Å²) in [6.45, 7) is -1.75. The number of nitrogens with one attached hydrogen (secondary N) is 3. The first-order valence-corrected chi connectivity index (χ1v) is 11.9. The van der Waals surface area contributed by atoms with Gasteiger partial charge < -0.3 is 20.3 Å². The van der Waals surface area contributed by atoms with E-state index in [4.69, 9.17) is 11.6 Å². The SMILES string of the molecule is CNC(=O)c1nc(NC(=O)N2CC(O)(C(F)(F)F)c3cc(F)ccc32)c2n1CC(=O)NC2c1cc(F)ccc1Cl. The molecule has 4 amide bonds. The number of fused-ring (bicyclic) bond motifs is 2. The van der Waals surface area contributed by atoms with E-state index in [1.54, 1.807) is 0 Å². The highest BCUT2D eigenvalue weighted by atomic mass is 35.5. The van der Waals surface area contributed by atoms with E-state index >= 15 is 0 Å². The predicted octanol–water partition coefficient (Wildman–Crippen LogP) is 3.20. The van der Waals surface area contributed by atoms with Gasteiger partial charge in [0.25, 0.3) is 5.91 Å². The van der Waals surface area contributed by atoms with Crippen LogP contribution in [-0.4, -0.2) is 52.3 Å². The number of benzene rings is 2. The second-order valence-corrected chi connectivity index (χ2v) is 9.44. The van der Waals surface area contributed by atoms with Gasteiger partial charge in [-0.15, -0.1) is 0 Å². The van der Waals surface area contributed by atoms with Crippen LogP contribution in [0.4, 0.5) is 38.3 Å². The monoisotopic (exact) mass is 584 g/mol. The highest BCUT2D eigenvalue weighted by Crippen LogP contribution is 2.49. The first-order valence-electron chi connectivity index (χ1n) is 11.5. The molecule has 4 N–H and O–H groups in total. The summed E-state index contributed by atoms with van der Waals surface area (Å²) in [7, 11) is 1.28. The third-order valence-corrected chi connectivity index (χ3v) is 6.95. The number of urea groups is 1. The lowest BCUT2D eigenvalue weighted by atomic mass is 9.95. The van der Waals surface area contributed by atoms with Gasteiger partial charge in [-0.1, -0.05) is 11.6 Å². The van der Waals surface area contributed by atoms with Crippen molar-refractivity contribution in [3.05, 3.63) is 75.7 Å². The van der Waals surface area contributed by atoms with E-state index in [0.29, 0.717) is 11.0 Å². The number of amides is 4. The Morgan fingerprint density at radius 3 is 2.52 bits per heavy atom. The molecule has 2 aliphatic heterocycles. The standard InChI is InChI=1S/C24H18ClF5N6O4/c1-31-21(38)20-33-19(18-17(32-16(37)8-35(18)20)12-6-10(26)2-4-14(12)25)34-22(39)36-9-23(40,24(28,29)30)13-7-11(27)3-5-15(13)36/h2-7,17,40H,8-9H2,1H3,(H,31,38)(H,32,37)(H,34,39). The zero-order valence-corrected chi connectivity index (χ0v) is 21.0. The maximum atomic E-state index is 14.1. The van der Waals surface area contributed by atoms with Crippen molar-refractivity contribution in [3.63, 3.8) is 0 Å². The van der Waals surface area contributed by atoms with Gasteiger partial charge in [0.2, 0.25) is 17.3 Å². The van der Waals surface area contributed by atoms with Crippen LogP contribution in [0.15, 0.2) is 36.4 Å². The van der Waals surface area contributed by atoms with Gasteiger partial charge in [-0.2, -0.15) is 13.2 Å². The fourth-order valence-electron chi connectivity index (χ4n) is 4.74. The number of anilines is 2. The van der Waals surface area contributed by atoms with E-state index in [9.17, 15) is 41.4 Å². The fourth-order valence-corrected chi connectivity index (χ4v) is 4.97. The van der Waals surface area contributed by atoms with Crippen molar-refractivity contribution in [2.45, 2.75) is 24.4 Å². The smallest absolute Gasteiger partial charge is 0.375 e. The predicted molar refractivity (Wildman–Crippen MR) is 130 cm³/mol. The number of hydrogen-bond donors (Lipinski definition) is 4. The second kappa shape index (κ2) is 9.45. The van der Waals surface area contributed by atoms with Gasteiger partial charge in [0.15, 0.2) is 5.82 Å². The molecule has 0 radical (unpaired) electrons. The lowest BCUT2D eigenvalue weighted by molar-refractivity contribution is -0.258. The molecule has 40 heavy (non-hydrogen) atoms. The van der Waals surface area contributed by atoms with Crippen molar-refractivity contribution in [1.82, 2.24) is 20.2 Å². The number of carbonyl (C=O) groups excluding carboxylic acids is 3. The van der Waals surface area contributed by atoms with Crippen LogP contribution in [0.1, 0.15) is 33.5 Å². The summed E-state index contributed by atoms with van der Waals surface area (Å²) in [6.07, 6.45) is -5.27. The highest BCUT2D eigenvalue weighted by Gasteiger charge is 2.61. The molecule has 3 aromatic rings. The van der Waals surface area contributed by atoms with Gasteiger partial charge in [-0.05, 0) is 36.4 Å². The van der Waals surface area contributed by atoms with E-state index in [1.807, 2.05) is 0 Å². The van der Waals surface area contributed by atoms with Crippen LogP contribution >= 0.6 is 11.6 Å². The minimum Gasteiger partial charge on any atom is -0.375 e. The molecule has 0 saturated carbocycles. The van der Waals surface area contributed by atoms with Crippen LogP contribution in [-0.2, 0) is 16.9 Å². The summed E-state index contributed by atoms with van der Waals surface area (Å²) in [6, 6.07) is 3.07. The topological polar surface area (TPSA) is 129 Å². The lowest BCUT2D eigenvalue weighted by Crippen LogP contribution is -2.48. The number of rotatable bonds is 3. The van der Waals surface area contributed by atoms with Gasteiger partial charge in [0.1, 0.15) is 18.2 Å². The van der Waals surface area contributed by atoms with E-state index in [0.717, 1.165) is 28.8 Å². The Morgan fingerprint density at radius 1 is 1.18 bits per heavy atom. The van der Waals surface area contributed by atoms with Gasteiger partial charge in [0.05, 0.1) is 24.0 Å². The Morgan fingerprint density at radius 2 is 1.85 bits per heavy atom. The number of nitrogens with zero attached hydrogens (tertiary/aromatic N) is 3. The first kappa shape index (κ1) is 27.3. The summed E-state index contributed by atoms with van der Waals surface area (Å²) < 4.78 is 70.7. The molecule has 10 nitrogen and oxygen atoms in total. The summed E-state index contributed by atoms with van der Waals surface area (Å²) in [5.41, 5.74) is -4.85. The summed E-state index contributed by atoms with van der Waals surface area (Å²) in [5.74, 6) is -3.85. The minimum atomic E-state index is -5.27. The lowest BCUT2D eigenvalue weighted by Gasteiger charge is -2.28. The van der Waals surface area contributed by atoms with Crippen molar-refractivity contribution in [2.75, 3.05) is 23.8 Å². The van der Waals surface area contributed by atoms with E-state index < -0.39 is 71.6 Å². The number of alkyl halides is 3. The van der Waals surface area contributed by atoms with Crippen LogP contribution in [0.5, 0.6) is 0 Å². The fraction of sp³-hybridized carbons (Fsp3) is 0.250. The molecule has 210 valence electrons. The molecule has 0 aliphatic carbocycles. The molecule has 0 spiro atoms. The molecule has 2 atom stereocenters. The number of aromatic nitrogens is 2. The normalized spacial score (nSPS) is 20.1. The van der Waals surface area contributed by atoms with Crippen molar-refractivity contribution in [2.24, 2.45) is 0 Å². The van der Waals surface area contributed by atoms with E-state index in [2.05, 4.69) is 20.9 Å². The molecule has 2 aromatic carbocycles. The number of aliphatic hydroxyl groups is 1. The number of halogens is 6. The largest absolute Gasteiger partial charge is 0.423 e. The van der Waals surface area contributed by atoms with Crippen LogP contribution < -0.4 is 20.9 Å². The van der Waals surface area contributed by atoms with Crippen molar-refractivity contribution in [3.8, 4) is 0 Å². The van der Waals surface area contributed by atoms with E-state index in [-0.39, 0.29) is 27.9 Å². The summed E-state index contributed by atoms with van der Waals surface area (Å²) in [5, 5.41) is 17.7. The molecular weight excluding hydrogens is 567 g/mol. The maximum Gasteiger partial charge on any atom is 0.423 e. The van der Waals surface area contributed by atoms with Crippen molar-refractivity contribution < 1.29 is 41.4 Å². The summed E-state index contributed by atoms with van der Waals surface area (Å²) >= 11 is 6.26. The molecule has 0 saturated heterocycles. The summed E-state index contributed by atoms with van der Waals surface area (Å²) in [4.78, 5) is 43.1. The molecule has 1 aromatic heterocycles. The number of carbonyl (C=O) groups is 3. The Balaban J connectivity index is 1.61. The van der Waals surface area contributed by atoms with Crippen LogP contribution in [0, 0.1) is 11.6 Å². The second-order valence-electron chi connectivity index (χ2n) is 9.04. The Kier molecular flexibility index (Phi) is 6.45. The third kappa shape index (κ3) is 4.30. The van der Waals surface area contributed by atoms with Crippen molar-refractivity contribution >= 4 is 41.0 Å². The van der Waals surface area contributed by atoms with Crippen LogP contribution in [0.3, 0.4) is 0 Å². The molecule has 2 aliphatic rings. The van der Waals surface area contributed by atoms with Crippen molar-refractivity contribution in [1.29, 1.82) is 0 Å². The molecule has 16 heteroatoms. The molecule has 0 bridgehead atoms. The molecule has 2 unspecified atom stereocenters. The molecular formula is C24H18ClF5N6O4. The maximum absolute atomic E-state index is 14.1.